The second-order valence-electron chi connectivity index (χ2n) is 8.77. The van der Waals surface area contributed by atoms with Crippen LogP contribution in [0.25, 0.3) is 11.1 Å². The normalized spacial score (nSPS) is 18.0. The molecule has 1 heterocycles. The van der Waals surface area contributed by atoms with Gasteiger partial charge >= 0.3 is 12.1 Å². The molecule has 0 spiro atoms. The van der Waals surface area contributed by atoms with E-state index in [9.17, 15) is 19.5 Å². The van der Waals surface area contributed by atoms with Gasteiger partial charge < -0.3 is 20.1 Å². The Bertz CT molecular complexity index is 1010. The van der Waals surface area contributed by atoms with Gasteiger partial charge in [-0.25, -0.2) is 4.79 Å². The zero-order chi connectivity index (χ0) is 24.1. The summed E-state index contributed by atoms with van der Waals surface area (Å²) in [6.45, 7) is 0.856. The van der Waals surface area contributed by atoms with E-state index >= 15 is 0 Å². The number of carbonyl (C=O) groups excluding carboxylic acids is 2. The number of fused-ring (bicyclic) bond motifs is 3. The summed E-state index contributed by atoms with van der Waals surface area (Å²) in [6, 6.07) is 15.5. The van der Waals surface area contributed by atoms with Gasteiger partial charge in [0.25, 0.3) is 0 Å². The van der Waals surface area contributed by atoms with Crippen molar-refractivity contribution < 1.29 is 24.2 Å². The first-order chi connectivity index (χ1) is 16.5. The number of thioether (sulfide) groups is 1. The highest BCUT2D eigenvalue weighted by Crippen LogP contribution is 2.44. The van der Waals surface area contributed by atoms with Gasteiger partial charge in [-0.15, -0.1) is 0 Å². The SMILES string of the molecule is CSCC[C@@H](NC(=O)OCC1c2ccccc2-c2ccccc21)C(=O)N1CCC[C@@H](C(=O)O)C1. The lowest BCUT2D eigenvalue weighted by Gasteiger charge is -2.33. The summed E-state index contributed by atoms with van der Waals surface area (Å²) in [4.78, 5) is 38.9. The number of carboxylic acids is 1. The molecule has 2 aromatic rings. The Balaban J connectivity index is 1.41. The minimum atomic E-state index is -0.886. The van der Waals surface area contributed by atoms with Crippen LogP contribution in [0.4, 0.5) is 4.79 Å². The number of ether oxygens (including phenoxy) is 1. The van der Waals surface area contributed by atoms with E-state index < -0.39 is 24.0 Å². The van der Waals surface area contributed by atoms with Crippen molar-refractivity contribution in [3.63, 3.8) is 0 Å². The first kappa shape index (κ1) is 24.1. The lowest BCUT2D eigenvalue weighted by atomic mass is 9.97. The van der Waals surface area contributed by atoms with Gasteiger partial charge in [0.1, 0.15) is 12.6 Å². The van der Waals surface area contributed by atoms with Crippen LogP contribution in [-0.4, -0.2) is 65.7 Å². The number of carboxylic acid groups (broad SMARTS) is 1. The minimum Gasteiger partial charge on any atom is -0.481 e. The average molecular weight is 483 g/mol. The number of hydrogen-bond donors (Lipinski definition) is 2. The summed E-state index contributed by atoms with van der Waals surface area (Å²) in [5, 5.41) is 12.1. The molecule has 1 aliphatic carbocycles. The fraction of sp³-hybridized carbons (Fsp3) is 0.423. The zero-order valence-electron chi connectivity index (χ0n) is 19.2. The van der Waals surface area contributed by atoms with Crippen molar-refractivity contribution >= 4 is 29.7 Å². The van der Waals surface area contributed by atoms with E-state index in [1.807, 2.05) is 30.5 Å². The Morgan fingerprint density at radius 3 is 2.38 bits per heavy atom. The molecule has 8 heteroatoms. The second kappa shape index (κ2) is 11.0. The number of benzene rings is 2. The standard InChI is InChI=1S/C26H30N2O5S/c1-34-14-12-23(24(29)28-13-6-7-17(15-28)25(30)31)27-26(32)33-16-22-20-10-4-2-8-18(20)19-9-3-5-11-21(19)22/h2-5,8-11,17,22-23H,6-7,12-16H2,1H3,(H,27,32)(H,30,31)/t17-,23-/m1/s1. The van der Waals surface area contributed by atoms with Gasteiger partial charge in [-0.3, -0.25) is 9.59 Å². The number of alkyl carbamates (subject to hydrolysis) is 1. The van der Waals surface area contributed by atoms with E-state index in [-0.39, 0.29) is 25.0 Å². The number of piperidine rings is 1. The maximum absolute atomic E-state index is 13.1. The molecule has 2 aromatic carbocycles. The van der Waals surface area contributed by atoms with E-state index in [1.54, 1.807) is 16.7 Å². The second-order valence-corrected chi connectivity index (χ2v) is 9.75. The molecular weight excluding hydrogens is 452 g/mol. The number of nitrogens with one attached hydrogen (secondary N) is 1. The van der Waals surface area contributed by atoms with Crippen LogP contribution in [0.2, 0.25) is 0 Å². The van der Waals surface area contributed by atoms with Gasteiger partial charge in [0.2, 0.25) is 5.91 Å². The Morgan fingerprint density at radius 2 is 1.76 bits per heavy atom. The lowest BCUT2D eigenvalue weighted by molar-refractivity contribution is -0.146. The molecular formula is C26H30N2O5S. The summed E-state index contributed by atoms with van der Waals surface area (Å²) in [5.74, 6) is -1.06. The third-order valence-electron chi connectivity index (χ3n) is 6.63. The van der Waals surface area contributed by atoms with Gasteiger partial charge in [-0.1, -0.05) is 48.5 Å². The number of amides is 2. The van der Waals surface area contributed by atoms with Crippen LogP contribution in [-0.2, 0) is 14.3 Å². The van der Waals surface area contributed by atoms with Crippen molar-refractivity contribution in [2.45, 2.75) is 31.2 Å². The van der Waals surface area contributed by atoms with Crippen molar-refractivity contribution in [1.29, 1.82) is 0 Å². The summed E-state index contributed by atoms with van der Waals surface area (Å²) >= 11 is 1.59. The maximum Gasteiger partial charge on any atom is 0.407 e. The number of likely N-dealkylation sites (tertiary alicyclic amines) is 1. The van der Waals surface area contributed by atoms with Gasteiger partial charge in [0.05, 0.1) is 5.92 Å². The summed E-state index contributed by atoms with van der Waals surface area (Å²) in [6.07, 6.45) is 2.97. The molecule has 2 N–H and O–H groups in total. The highest BCUT2D eigenvalue weighted by molar-refractivity contribution is 7.98. The molecule has 180 valence electrons. The number of nitrogens with zero attached hydrogens (tertiary/aromatic N) is 1. The zero-order valence-corrected chi connectivity index (χ0v) is 20.1. The quantitative estimate of drug-likeness (QED) is 0.591. The van der Waals surface area contributed by atoms with Crippen molar-refractivity contribution in [3.05, 3.63) is 59.7 Å². The van der Waals surface area contributed by atoms with Crippen molar-refractivity contribution in [2.24, 2.45) is 5.92 Å². The van der Waals surface area contributed by atoms with E-state index in [0.717, 1.165) is 22.3 Å². The first-order valence-electron chi connectivity index (χ1n) is 11.6. The van der Waals surface area contributed by atoms with Gasteiger partial charge in [-0.2, -0.15) is 11.8 Å². The Morgan fingerprint density at radius 1 is 1.12 bits per heavy atom. The molecule has 0 radical (unpaired) electrons. The van der Waals surface area contributed by atoms with E-state index in [2.05, 4.69) is 29.6 Å². The highest BCUT2D eigenvalue weighted by Gasteiger charge is 2.33. The number of carbonyl (C=O) groups is 3. The Hall–Kier alpha value is -3.00. The van der Waals surface area contributed by atoms with Crippen LogP contribution < -0.4 is 5.32 Å². The maximum atomic E-state index is 13.1. The molecule has 34 heavy (non-hydrogen) atoms. The third-order valence-corrected chi connectivity index (χ3v) is 7.27. The van der Waals surface area contributed by atoms with E-state index in [0.29, 0.717) is 31.6 Å². The van der Waals surface area contributed by atoms with E-state index in [4.69, 9.17) is 4.74 Å². The van der Waals surface area contributed by atoms with Crippen LogP contribution in [0.5, 0.6) is 0 Å². The van der Waals surface area contributed by atoms with Crippen LogP contribution >= 0.6 is 11.8 Å². The highest BCUT2D eigenvalue weighted by atomic mass is 32.2. The van der Waals surface area contributed by atoms with Crippen molar-refractivity contribution in [1.82, 2.24) is 10.2 Å². The van der Waals surface area contributed by atoms with Gasteiger partial charge in [0, 0.05) is 19.0 Å². The summed E-state index contributed by atoms with van der Waals surface area (Å²) < 4.78 is 5.63. The van der Waals surface area contributed by atoms with Crippen molar-refractivity contribution in [3.8, 4) is 11.1 Å². The number of aliphatic carboxylic acids is 1. The first-order valence-corrected chi connectivity index (χ1v) is 13.0. The molecule has 0 saturated carbocycles. The minimum absolute atomic E-state index is 0.0584. The van der Waals surface area contributed by atoms with E-state index in [1.165, 1.54) is 0 Å². The molecule has 1 fully saturated rings. The summed E-state index contributed by atoms with van der Waals surface area (Å²) in [5.41, 5.74) is 4.55. The topological polar surface area (TPSA) is 95.9 Å². The van der Waals surface area contributed by atoms with Crippen LogP contribution in [0.1, 0.15) is 36.3 Å². The van der Waals surface area contributed by atoms with Gasteiger partial charge in [-0.05, 0) is 53.5 Å². The molecule has 2 amide bonds. The average Bonchev–Trinajstić information content (AvgIpc) is 3.18. The Kier molecular flexibility index (Phi) is 7.77. The fourth-order valence-corrected chi connectivity index (χ4v) is 5.35. The van der Waals surface area contributed by atoms with Crippen LogP contribution in [0.15, 0.2) is 48.5 Å². The molecule has 0 unspecified atom stereocenters. The smallest absolute Gasteiger partial charge is 0.407 e. The summed E-state index contributed by atoms with van der Waals surface area (Å²) in [7, 11) is 0. The number of hydrogen-bond acceptors (Lipinski definition) is 5. The Labute approximate surface area is 203 Å². The predicted octanol–water partition coefficient (Wildman–Crippen LogP) is 3.97. The fourth-order valence-electron chi connectivity index (χ4n) is 4.87. The molecule has 0 aromatic heterocycles. The number of rotatable bonds is 8. The molecule has 0 bridgehead atoms. The van der Waals surface area contributed by atoms with Crippen LogP contribution in [0, 0.1) is 5.92 Å². The molecule has 7 nitrogen and oxygen atoms in total. The monoisotopic (exact) mass is 482 g/mol. The van der Waals surface area contributed by atoms with Crippen molar-refractivity contribution in [2.75, 3.05) is 31.7 Å². The largest absolute Gasteiger partial charge is 0.481 e. The molecule has 2 aliphatic rings. The molecule has 1 aliphatic heterocycles. The molecule has 4 rings (SSSR count). The predicted molar refractivity (Wildman–Crippen MR) is 132 cm³/mol. The molecule has 2 atom stereocenters. The third kappa shape index (κ3) is 5.22. The lowest BCUT2D eigenvalue weighted by Crippen LogP contribution is -2.52. The molecule has 1 saturated heterocycles. The van der Waals surface area contributed by atoms with Gasteiger partial charge in [0.15, 0.2) is 0 Å². The van der Waals surface area contributed by atoms with Crippen LogP contribution in [0.3, 0.4) is 0 Å².